The Morgan fingerprint density at radius 2 is 1.95 bits per heavy atom. The van der Waals surface area contributed by atoms with Gasteiger partial charge in [0.25, 0.3) is 0 Å². The first-order valence-corrected chi connectivity index (χ1v) is 7.97. The number of carboxylic acids is 1. The standard InChI is InChI=1S/C16H24N2O3/c1-18-7-3-2-4-12(18)9-17-15(19)13-10-5-6-11(8-10)14(13)16(20)21/h5-6,10-14H,2-4,7-9H2,1H3,(H,17,19)(H,20,21)/t10?,11?,12?,13-,14+/m0/s1. The van der Waals surface area contributed by atoms with Crippen molar-refractivity contribution in [1.29, 1.82) is 0 Å². The fraction of sp³-hybridized carbons (Fsp3) is 0.750. The van der Waals surface area contributed by atoms with Crippen molar-refractivity contribution in [2.45, 2.75) is 31.7 Å². The minimum Gasteiger partial charge on any atom is -0.481 e. The number of hydrogen-bond donors (Lipinski definition) is 2. The topological polar surface area (TPSA) is 69.6 Å². The molecule has 3 aliphatic rings. The van der Waals surface area contributed by atoms with Gasteiger partial charge < -0.3 is 15.3 Å². The number of carbonyl (C=O) groups is 2. The van der Waals surface area contributed by atoms with Crippen molar-refractivity contribution in [3.63, 3.8) is 0 Å². The van der Waals surface area contributed by atoms with E-state index in [9.17, 15) is 14.7 Å². The van der Waals surface area contributed by atoms with Crippen LogP contribution in [0.3, 0.4) is 0 Å². The van der Waals surface area contributed by atoms with Crippen molar-refractivity contribution in [1.82, 2.24) is 10.2 Å². The smallest absolute Gasteiger partial charge is 0.307 e. The number of likely N-dealkylation sites (tertiary alicyclic amines) is 1. The average molecular weight is 292 g/mol. The molecule has 5 atom stereocenters. The number of aliphatic carboxylic acids is 1. The van der Waals surface area contributed by atoms with Gasteiger partial charge in [0.1, 0.15) is 0 Å². The molecule has 0 aromatic rings. The maximum absolute atomic E-state index is 12.5. The molecule has 1 heterocycles. The van der Waals surface area contributed by atoms with Crippen molar-refractivity contribution in [2.75, 3.05) is 20.1 Å². The van der Waals surface area contributed by atoms with E-state index in [0.29, 0.717) is 12.6 Å². The maximum Gasteiger partial charge on any atom is 0.307 e. The monoisotopic (exact) mass is 292 g/mol. The number of carboxylic acid groups (broad SMARTS) is 1. The highest BCUT2D eigenvalue weighted by molar-refractivity contribution is 5.86. The van der Waals surface area contributed by atoms with Crippen LogP contribution < -0.4 is 5.32 Å². The van der Waals surface area contributed by atoms with Gasteiger partial charge in [-0.3, -0.25) is 9.59 Å². The summed E-state index contributed by atoms with van der Waals surface area (Å²) in [5.41, 5.74) is 0. The highest BCUT2D eigenvalue weighted by Crippen LogP contribution is 2.48. The summed E-state index contributed by atoms with van der Waals surface area (Å²) in [5.74, 6) is -1.67. The number of allylic oxidation sites excluding steroid dienone is 2. The van der Waals surface area contributed by atoms with Crippen LogP contribution in [0.25, 0.3) is 0 Å². The van der Waals surface area contributed by atoms with Gasteiger partial charge in [0.2, 0.25) is 5.91 Å². The van der Waals surface area contributed by atoms with E-state index in [1.807, 2.05) is 12.2 Å². The van der Waals surface area contributed by atoms with Crippen LogP contribution >= 0.6 is 0 Å². The van der Waals surface area contributed by atoms with Gasteiger partial charge in [0.15, 0.2) is 0 Å². The molecule has 2 aliphatic carbocycles. The lowest BCUT2D eigenvalue weighted by atomic mass is 9.82. The summed E-state index contributed by atoms with van der Waals surface area (Å²) >= 11 is 0. The second-order valence-electron chi connectivity index (χ2n) is 6.71. The van der Waals surface area contributed by atoms with E-state index < -0.39 is 11.9 Å². The van der Waals surface area contributed by atoms with E-state index in [1.54, 1.807) is 0 Å². The zero-order valence-corrected chi connectivity index (χ0v) is 12.5. The number of nitrogens with zero attached hydrogens (tertiary/aromatic N) is 1. The van der Waals surface area contributed by atoms with Gasteiger partial charge in [0.05, 0.1) is 11.8 Å². The second-order valence-corrected chi connectivity index (χ2v) is 6.71. The van der Waals surface area contributed by atoms with Gasteiger partial charge >= 0.3 is 5.97 Å². The Kier molecular flexibility index (Phi) is 4.02. The van der Waals surface area contributed by atoms with Crippen LogP contribution in [0.2, 0.25) is 0 Å². The number of carbonyl (C=O) groups excluding carboxylic acids is 1. The predicted octanol–water partition coefficient (Wildman–Crippen LogP) is 1.11. The number of fused-ring (bicyclic) bond motifs is 2. The Balaban J connectivity index is 1.60. The van der Waals surface area contributed by atoms with Crippen molar-refractivity contribution < 1.29 is 14.7 Å². The van der Waals surface area contributed by atoms with Gasteiger partial charge in [-0.05, 0) is 44.7 Å². The molecule has 1 amide bonds. The molecule has 1 aliphatic heterocycles. The molecule has 116 valence electrons. The zero-order chi connectivity index (χ0) is 15.0. The van der Waals surface area contributed by atoms with Crippen molar-refractivity contribution in [2.24, 2.45) is 23.7 Å². The van der Waals surface area contributed by atoms with Crippen LogP contribution in [0, 0.1) is 23.7 Å². The number of hydrogen-bond acceptors (Lipinski definition) is 3. The largest absolute Gasteiger partial charge is 0.481 e. The minimum absolute atomic E-state index is 0.0422. The van der Waals surface area contributed by atoms with Gasteiger partial charge in [0, 0.05) is 12.6 Å². The first-order valence-electron chi connectivity index (χ1n) is 7.97. The number of likely N-dealkylation sites (N-methyl/N-ethyl adjacent to an activating group) is 1. The predicted molar refractivity (Wildman–Crippen MR) is 78.6 cm³/mol. The highest BCUT2D eigenvalue weighted by atomic mass is 16.4. The fourth-order valence-corrected chi connectivity index (χ4v) is 4.25. The minimum atomic E-state index is -0.832. The van der Waals surface area contributed by atoms with E-state index in [0.717, 1.165) is 19.4 Å². The lowest BCUT2D eigenvalue weighted by molar-refractivity contribution is -0.147. The van der Waals surface area contributed by atoms with Crippen molar-refractivity contribution in [3.05, 3.63) is 12.2 Å². The Morgan fingerprint density at radius 1 is 1.24 bits per heavy atom. The molecule has 5 heteroatoms. The molecule has 0 spiro atoms. The van der Waals surface area contributed by atoms with Crippen molar-refractivity contribution in [3.8, 4) is 0 Å². The first-order chi connectivity index (χ1) is 10.1. The van der Waals surface area contributed by atoms with Crippen LogP contribution in [-0.2, 0) is 9.59 Å². The molecular weight excluding hydrogens is 268 g/mol. The van der Waals surface area contributed by atoms with E-state index in [-0.39, 0.29) is 23.7 Å². The van der Waals surface area contributed by atoms with Crippen LogP contribution in [0.1, 0.15) is 25.7 Å². The van der Waals surface area contributed by atoms with E-state index >= 15 is 0 Å². The fourth-order valence-electron chi connectivity index (χ4n) is 4.25. The molecule has 5 nitrogen and oxygen atoms in total. The third-order valence-electron chi connectivity index (χ3n) is 5.48. The normalized spacial score (nSPS) is 38.6. The summed E-state index contributed by atoms with van der Waals surface area (Å²) in [7, 11) is 2.09. The summed E-state index contributed by atoms with van der Waals surface area (Å²) in [5, 5.41) is 12.4. The van der Waals surface area contributed by atoms with E-state index in [1.165, 1.54) is 12.8 Å². The van der Waals surface area contributed by atoms with Crippen LogP contribution in [-0.4, -0.2) is 48.1 Å². The molecule has 21 heavy (non-hydrogen) atoms. The Hall–Kier alpha value is -1.36. The van der Waals surface area contributed by atoms with Crippen LogP contribution in [0.4, 0.5) is 0 Å². The molecule has 3 unspecified atom stereocenters. The third kappa shape index (κ3) is 2.71. The molecule has 1 saturated carbocycles. The number of amides is 1. The molecule has 1 saturated heterocycles. The zero-order valence-electron chi connectivity index (χ0n) is 12.5. The van der Waals surface area contributed by atoms with Gasteiger partial charge in [-0.25, -0.2) is 0 Å². The van der Waals surface area contributed by atoms with Gasteiger partial charge in [-0.15, -0.1) is 0 Å². The Morgan fingerprint density at radius 3 is 2.62 bits per heavy atom. The molecule has 2 fully saturated rings. The summed E-state index contributed by atoms with van der Waals surface area (Å²) < 4.78 is 0. The number of nitrogens with one attached hydrogen (secondary N) is 1. The molecular formula is C16H24N2O3. The van der Waals surface area contributed by atoms with E-state index in [2.05, 4.69) is 17.3 Å². The molecule has 2 N–H and O–H groups in total. The molecule has 2 bridgehead atoms. The molecule has 0 radical (unpaired) electrons. The van der Waals surface area contributed by atoms with E-state index in [4.69, 9.17) is 0 Å². The average Bonchev–Trinajstić information content (AvgIpc) is 3.06. The summed E-state index contributed by atoms with van der Waals surface area (Å²) in [6, 6.07) is 0.389. The van der Waals surface area contributed by atoms with Gasteiger partial charge in [-0.2, -0.15) is 0 Å². The maximum atomic E-state index is 12.5. The summed E-state index contributed by atoms with van der Waals surface area (Å²) in [6.45, 7) is 1.72. The molecule has 3 rings (SSSR count). The molecule has 0 aromatic heterocycles. The highest BCUT2D eigenvalue weighted by Gasteiger charge is 2.51. The lowest BCUT2D eigenvalue weighted by Crippen LogP contribution is -2.47. The Labute approximate surface area is 125 Å². The Bertz CT molecular complexity index is 462. The SMILES string of the molecule is CN1CCCCC1CNC(=O)[C@H]1C2C=CC(C2)[C@H]1C(=O)O. The van der Waals surface area contributed by atoms with Crippen LogP contribution in [0.15, 0.2) is 12.2 Å². The first kappa shape index (κ1) is 14.6. The summed E-state index contributed by atoms with van der Waals surface area (Å²) in [4.78, 5) is 26.2. The van der Waals surface area contributed by atoms with Gasteiger partial charge in [-0.1, -0.05) is 18.6 Å². The number of piperidine rings is 1. The second kappa shape index (κ2) is 5.79. The number of rotatable bonds is 4. The van der Waals surface area contributed by atoms with Crippen molar-refractivity contribution >= 4 is 11.9 Å². The quantitative estimate of drug-likeness (QED) is 0.762. The van der Waals surface area contributed by atoms with Crippen LogP contribution in [0.5, 0.6) is 0 Å². The third-order valence-corrected chi connectivity index (χ3v) is 5.48. The molecule has 0 aromatic carbocycles. The summed E-state index contributed by atoms with van der Waals surface area (Å²) in [6.07, 6.45) is 8.36. The lowest BCUT2D eigenvalue weighted by Gasteiger charge is -2.33.